The van der Waals surface area contributed by atoms with Crippen LogP contribution >= 0.6 is 0 Å². The van der Waals surface area contributed by atoms with Gasteiger partial charge in [-0.2, -0.15) is 0 Å². The molecule has 0 radical (unpaired) electrons. The largest absolute Gasteiger partial charge is 0.456 e. The second-order valence-corrected chi connectivity index (χ2v) is 12.1. The molecule has 1 heteroatoms. The molecule has 0 amide bonds. The van der Waals surface area contributed by atoms with Gasteiger partial charge in [-0.05, 0) is 113 Å². The minimum atomic E-state index is -0.534. The van der Waals surface area contributed by atoms with Crippen molar-refractivity contribution in [1.29, 1.82) is 0 Å². The third-order valence-electron chi connectivity index (χ3n) is 9.32. The van der Waals surface area contributed by atoms with Gasteiger partial charge in [0.15, 0.2) is 0 Å². The van der Waals surface area contributed by atoms with Gasteiger partial charge in [0.25, 0.3) is 0 Å². The lowest BCUT2D eigenvalue weighted by Gasteiger charge is -2.19. The lowest BCUT2D eigenvalue weighted by Crippen LogP contribution is -1.92. The first-order valence-corrected chi connectivity index (χ1v) is 16.1. The summed E-state index contributed by atoms with van der Waals surface area (Å²) in [4.78, 5) is 0. The summed E-state index contributed by atoms with van der Waals surface area (Å²) in [5.41, 5.74) is 6.73. The number of benzene rings is 9. The van der Waals surface area contributed by atoms with Gasteiger partial charge in [-0.1, -0.05) is 145 Å². The number of hydrogen-bond donors (Lipinski definition) is 0. The molecule has 0 aliphatic carbocycles. The Morgan fingerprint density at radius 2 is 0.898 bits per heavy atom. The van der Waals surface area contributed by atoms with Crippen LogP contribution in [0.1, 0.15) is 12.3 Å². The normalized spacial score (nSPS) is 14.2. The summed E-state index contributed by atoms with van der Waals surface area (Å²) < 4.78 is 86.5. The maximum atomic E-state index is 9.53. The first-order valence-electron chi connectivity index (χ1n) is 20.6. The fraction of sp³-hybridized carbons (Fsp3) is 0. The molecule has 0 aliphatic rings. The van der Waals surface area contributed by atoms with E-state index in [2.05, 4.69) is 42.5 Å². The molecule has 0 saturated carbocycles. The fourth-order valence-electron chi connectivity index (χ4n) is 7.18. The Kier molecular flexibility index (Phi) is 4.53. The van der Waals surface area contributed by atoms with Crippen LogP contribution in [0.15, 0.2) is 186 Å². The van der Waals surface area contributed by atoms with Crippen molar-refractivity contribution in [3.63, 3.8) is 0 Å². The monoisotopic (exact) mass is 631 g/mol. The number of hydrogen-bond acceptors (Lipinski definition) is 1. The van der Waals surface area contributed by atoms with Crippen LogP contribution in [0.25, 0.3) is 98.8 Å². The van der Waals surface area contributed by atoms with E-state index in [0.29, 0.717) is 5.56 Å². The van der Waals surface area contributed by atoms with Crippen molar-refractivity contribution in [1.82, 2.24) is 0 Å². The molecule has 0 bridgehead atoms. The first kappa shape index (κ1) is 20.0. The van der Waals surface area contributed by atoms with Crippen molar-refractivity contribution in [2.75, 3.05) is 0 Å². The maximum absolute atomic E-state index is 9.53. The van der Waals surface area contributed by atoms with Crippen molar-refractivity contribution in [2.45, 2.75) is 0 Å². The van der Waals surface area contributed by atoms with Crippen molar-refractivity contribution in [3.05, 3.63) is 182 Å². The highest BCUT2D eigenvalue weighted by Crippen LogP contribution is 2.48. The highest BCUT2D eigenvalue weighted by molar-refractivity contribution is 6.26. The summed E-state index contributed by atoms with van der Waals surface area (Å²) in [6, 6.07) is 39.1. The van der Waals surface area contributed by atoms with Crippen molar-refractivity contribution >= 4 is 54.3 Å². The van der Waals surface area contributed by atoms with Crippen LogP contribution in [0.2, 0.25) is 0 Å². The zero-order valence-electron chi connectivity index (χ0n) is 35.0. The Morgan fingerprint density at radius 1 is 0.388 bits per heavy atom. The van der Waals surface area contributed by atoms with Crippen LogP contribution in [0, 0.1) is 0 Å². The smallest absolute Gasteiger partial charge is 0.136 e. The van der Waals surface area contributed by atoms with Gasteiger partial charge in [-0.15, -0.1) is 0 Å². The topological polar surface area (TPSA) is 13.1 Å². The van der Waals surface area contributed by atoms with Gasteiger partial charge in [0.1, 0.15) is 11.2 Å². The molecule has 10 rings (SSSR count). The summed E-state index contributed by atoms with van der Waals surface area (Å²) in [6.07, 6.45) is 0. The fourth-order valence-corrected chi connectivity index (χ4v) is 7.18. The number of fused-ring (bicyclic) bond motifs is 6. The Morgan fingerprint density at radius 3 is 1.49 bits per heavy atom. The molecule has 10 aromatic rings. The maximum Gasteiger partial charge on any atom is 0.136 e. The Balaban J connectivity index is 1.38. The van der Waals surface area contributed by atoms with Crippen LogP contribution < -0.4 is 0 Å². The van der Waals surface area contributed by atoms with E-state index < -0.39 is 36.3 Å². The minimum Gasteiger partial charge on any atom is -0.456 e. The molecule has 0 aliphatic heterocycles. The molecule has 0 spiro atoms. The number of furan rings is 1. The van der Waals surface area contributed by atoms with Crippen LogP contribution in [-0.4, -0.2) is 0 Å². The quantitative estimate of drug-likeness (QED) is 0.176. The van der Waals surface area contributed by atoms with Crippen molar-refractivity contribution < 1.29 is 16.8 Å². The minimum absolute atomic E-state index is 0.0508. The van der Waals surface area contributed by atoms with Crippen molar-refractivity contribution in [3.8, 4) is 44.5 Å². The van der Waals surface area contributed by atoms with Gasteiger partial charge in [-0.3, -0.25) is 0 Å². The van der Waals surface area contributed by atoms with Crippen molar-refractivity contribution in [2.24, 2.45) is 0 Å². The lowest BCUT2D eigenvalue weighted by atomic mass is 9.83. The van der Waals surface area contributed by atoms with E-state index in [1.165, 1.54) is 0 Å². The molecule has 0 fully saturated rings. The van der Waals surface area contributed by atoms with Gasteiger partial charge in [-0.25, -0.2) is 0 Å². The average molecular weight is 632 g/mol. The highest BCUT2D eigenvalue weighted by Gasteiger charge is 2.21. The molecule has 228 valence electrons. The molecule has 0 N–H and O–H groups in total. The zero-order valence-corrected chi connectivity index (χ0v) is 26.0. The Hall–Kier alpha value is -6.44. The SMILES string of the molecule is [2H]c1c([2H])c(-c2c3ccccc3c(-c3cc(-c4ccccc4)cc(-c4ccccc4)c3)c3ccccc23)c2c(oc3c([2H])c4c([2H])c([2H])c([2H])c([2H])c4c([2H])c32)c1[2H]. The van der Waals surface area contributed by atoms with E-state index >= 15 is 0 Å². The summed E-state index contributed by atoms with van der Waals surface area (Å²) in [5.74, 6) is 0. The molecule has 0 saturated heterocycles. The van der Waals surface area contributed by atoms with Gasteiger partial charge in [0.05, 0.1) is 12.3 Å². The first-order chi connectivity index (χ1) is 28.1. The van der Waals surface area contributed by atoms with Crippen LogP contribution in [0.5, 0.6) is 0 Å². The van der Waals surface area contributed by atoms with Crippen LogP contribution in [0.4, 0.5) is 0 Å². The summed E-state index contributed by atoms with van der Waals surface area (Å²) >= 11 is 0. The molecule has 1 aromatic heterocycles. The summed E-state index contributed by atoms with van der Waals surface area (Å²) in [6.45, 7) is 0. The molecular weight excluding hydrogens is 593 g/mol. The third kappa shape index (κ3) is 4.47. The molecule has 1 nitrogen and oxygen atoms in total. The predicted molar refractivity (Wildman–Crippen MR) is 208 cm³/mol. The Labute approximate surface area is 297 Å². The second kappa shape index (κ2) is 11.1. The van der Waals surface area contributed by atoms with E-state index in [0.717, 1.165) is 54.9 Å². The van der Waals surface area contributed by atoms with E-state index in [4.69, 9.17) is 12.6 Å². The highest BCUT2D eigenvalue weighted by atomic mass is 16.3. The average Bonchev–Trinajstić information content (AvgIpc) is 3.67. The second-order valence-electron chi connectivity index (χ2n) is 12.1. The zero-order chi connectivity index (χ0) is 40.1. The third-order valence-corrected chi connectivity index (χ3v) is 9.32. The summed E-state index contributed by atoms with van der Waals surface area (Å²) in [7, 11) is 0. The summed E-state index contributed by atoms with van der Waals surface area (Å²) in [5, 5.41) is 3.16. The molecule has 0 unspecified atom stereocenters. The molecular formula is C48H30O. The van der Waals surface area contributed by atoms with E-state index in [-0.39, 0.29) is 56.4 Å². The number of rotatable bonds is 4. The van der Waals surface area contributed by atoms with Gasteiger partial charge in [0, 0.05) is 10.8 Å². The van der Waals surface area contributed by atoms with Gasteiger partial charge < -0.3 is 4.42 Å². The van der Waals surface area contributed by atoms with E-state index in [1.54, 1.807) is 0 Å². The van der Waals surface area contributed by atoms with E-state index in [9.17, 15) is 4.11 Å². The molecule has 0 atom stereocenters. The molecule has 49 heavy (non-hydrogen) atoms. The van der Waals surface area contributed by atoms with Gasteiger partial charge >= 0.3 is 0 Å². The molecule has 1 heterocycles. The molecule has 9 aromatic carbocycles. The predicted octanol–water partition coefficient (Wildman–Crippen LogP) is 13.7. The lowest BCUT2D eigenvalue weighted by molar-refractivity contribution is 0.669. The standard InChI is InChI=1S/C48H30O/c1-3-14-31(15-4-1)35-26-36(32-16-5-2-6-17-32)28-37(27-35)46-38-20-9-11-22-40(38)47(41-23-12-10-21-39(41)46)42-24-13-25-44-48(42)43-29-33-18-7-8-19-34(33)30-45(43)49-44/h1-30H/i7D,8D,13D,18D,19D,24D,25D,29D,30D. The Bertz CT molecular complexity index is 3260. The van der Waals surface area contributed by atoms with E-state index in [1.807, 2.05) is 84.9 Å². The van der Waals surface area contributed by atoms with Gasteiger partial charge in [0.2, 0.25) is 0 Å². The van der Waals surface area contributed by atoms with Crippen LogP contribution in [-0.2, 0) is 0 Å². The van der Waals surface area contributed by atoms with Crippen LogP contribution in [0.3, 0.4) is 0 Å².